The molecule has 0 aliphatic heterocycles. The molecule has 5 rings (SSSR count). The molecule has 0 saturated heterocycles. The molecule has 0 aromatic carbocycles. The highest BCUT2D eigenvalue weighted by Gasteiger charge is 2.59. The fraction of sp³-hybridized carbons (Fsp3) is 0.882. The lowest BCUT2D eigenvalue weighted by Gasteiger charge is -2.58. The summed E-state index contributed by atoms with van der Waals surface area (Å²) < 4.78 is 0. The fourth-order valence-electron chi connectivity index (χ4n) is 10.6. The van der Waals surface area contributed by atoms with Gasteiger partial charge in [0.15, 0.2) is 0 Å². The lowest BCUT2D eigenvalue weighted by molar-refractivity contribution is -0.136. The van der Waals surface area contributed by atoms with Gasteiger partial charge >= 0.3 is 0 Å². The van der Waals surface area contributed by atoms with Gasteiger partial charge in [-0.3, -0.25) is 9.59 Å². The summed E-state index contributed by atoms with van der Waals surface area (Å²) >= 11 is 0. The van der Waals surface area contributed by atoms with E-state index < -0.39 is 0 Å². The highest BCUT2D eigenvalue weighted by Crippen LogP contribution is 2.67. The van der Waals surface area contributed by atoms with Gasteiger partial charge in [0.05, 0.1) is 6.10 Å². The Balaban J connectivity index is 1.15. The molecule has 0 spiro atoms. The van der Waals surface area contributed by atoms with Gasteiger partial charge in [-0.15, -0.1) is 0 Å². The van der Waals surface area contributed by atoms with E-state index in [-0.39, 0.29) is 24.0 Å². The van der Waals surface area contributed by atoms with Crippen LogP contribution in [0.25, 0.3) is 0 Å². The Hall–Kier alpha value is -1.36. The number of rotatable bonds is 6. The Labute approximate surface area is 238 Å². The van der Waals surface area contributed by atoms with Crippen molar-refractivity contribution in [3.05, 3.63) is 11.6 Å². The number of carbonyl (C=O) groups excluding carboxylic acids is 2. The number of carbonyl (C=O) groups is 2. The van der Waals surface area contributed by atoms with E-state index in [9.17, 15) is 14.7 Å². The van der Waals surface area contributed by atoms with Crippen molar-refractivity contribution in [3.8, 4) is 0 Å². The Bertz CT molecular complexity index is 952. The van der Waals surface area contributed by atoms with E-state index in [0.29, 0.717) is 29.1 Å². The van der Waals surface area contributed by atoms with Gasteiger partial charge < -0.3 is 14.9 Å². The maximum absolute atomic E-state index is 13.3. The monoisotopic (exact) mass is 540 g/mol. The van der Waals surface area contributed by atoms with Crippen molar-refractivity contribution in [2.24, 2.45) is 46.3 Å². The van der Waals surface area contributed by atoms with E-state index in [0.717, 1.165) is 75.0 Å². The van der Waals surface area contributed by atoms with Crippen LogP contribution in [0.5, 0.6) is 0 Å². The van der Waals surface area contributed by atoms with Gasteiger partial charge in [0.25, 0.3) is 0 Å². The van der Waals surface area contributed by atoms with E-state index in [1.54, 1.807) is 10.5 Å². The largest absolute Gasteiger partial charge is 0.393 e. The fourth-order valence-corrected chi connectivity index (χ4v) is 10.6. The highest BCUT2D eigenvalue weighted by atomic mass is 16.3. The maximum atomic E-state index is 13.3. The first-order valence-corrected chi connectivity index (χ1v) is 16.3. The SMILES string of the molecule is C[C@H](CCC(=O)N(C)[C@H]1CC[C@@H](C(=O)N(C)C)CC1)[C@H]1CC[C@H]2[C@@H]3CC=C4C[C@@H](O)CC[C@]4(C)[C@H]3CC[C@]12C. The number of allylic oxidation sites excluding steroid dienone is 1. The normalized spacial score (nSPS) is 42.4. The molecular weight excluding hydrogens is 484 g/mol. The predicted molar refractivity (Wildman–Crippen MR) is 157 cm³/mol. The number of hydrogen-bond donors (Lipinski definition) is 1. The summed E-state index contributed by atoms with van der Waals surface area (Å²) in [6, 6.07) is 0.286. The molecule has 0 aromatic heterocycles. The van der Waals surface area contributed by atoms with Gasteiger partial charge in [0, 0.05) is 39.5 Å². The van der Waals surface area contributed by atoms with Gasteiger partial charge in [-0.1, -0.05) is 32.4 Å². The van der Waals surface area contributed by atoms with Crippen LogP contribution in [-0.4, -0.2) is 60.0 Å². The molecule has 5 aliphatic rings. The van der Waals surface area contributed by atoms with E-state index in [1.807, 2.05) is 26.0 Å². The number of aliphatic hydroxyl groups excluding tert-OH is 1. The molecule has 220 valence electrons. The van der Waals surface area contributed by atoms with Gasteiger partial charge in [0.1, 0.15) is 0 Å². The second kappa shape index (κ2) is 11.1. The number of hydrogen-bond acceptors (Lipinski definition) is 3. The first kappa shape index (κ1) is 29.1. The first-order valence-electron chi connectivity index (χ1n) is 16.3. The average Bonchev–Trinajstić information content (AvgIpc) is 3.28. The van der Waals surface area contributed by atoms with Crippen LogP contribution in [0.2, 0.25) is 0 Å². The molecule has 1 N–H and O–H groups in total. The zero-order chi connectivity index (χ0) is 28.1. The summed E-state index contributed by atoms with van der Waals surface area (Å²) in [6.45, 7) is 7.56. The van der Waals surface area contributed by atoms with Crippen molar-refractivity contribution in [1.82, 2.24) is 9.80 Å². The first-order chi connectivity index (χ1) is 18.5. The second-order valence-corrected chi connectivity index (χ2v) is 15.1. The van der Waals surface area contributed by atoms with Crippen molar-refractivity contribution < 1.29 is 14.7 Å². The molecule has 5 heteroatoms. The molecule has 5 aliphatic carbocycles. The van der Waals surface area contributed by atoms with Crippen molar-refractivity contribution in [3.63, 3.8) is 0 Å². The van der Waals surface area contributed by atoms with E-state index in [2.05, 4.69) is 26.8 Å². The minimum Gasteiger partial charge on any atom is -0.393 e. The zero-order valence-electron chi connectivity index (χ0n) is 25.8. The lowest BCUT2D eigenvalue weighted by atomic mass is 9.47. The molecule has 39 heavy (non-hydrogen) atoms. The standard InChI is InChI=1S/C34H56N2O3/c1-22(7-16-31(38)36(6)25-11-8-23(9-12-25)32(39)35(4)5)28-14-15-29-27-13-10-24-21-26(37)17-19-33(24,2)30(27)18-20-34(28,29)3/h10,22-23,25-30,37H,7-9,11-21H2,1-6H3/t22-,23-,25+,26+,27+,28-,29+,30+,33+,34-/m1/s1. The third-order valence-electron chi connectivity index (χ3n) is 13.1. The molecule has 4 saturated carbocycles. The minimum atomic E-state index is -0.129. The molecule has 8 atom stereocenters. The molecule has 2 amide bonds. The van der Waals surface area contributed by atoms with Crippen LogP contribution in [0, 0.1) is 46.3 Å². The summed E-state index contributed by atoms with van der Waals surface area (Å²) in [7, 11) is 5.68. The number of aliphatic hydroxyl groups is 1. The number of amides is 2. The quantitative estimate of drug-likeness (QED) is 0.394. The van der Waals surface area contributed by atoms with Gasteiger partial charge in [0.2, 0.25) is 11.8 Å². The van der Waals surface area contributed by atoms with Gasteiger partial charge in [-0.2, -0.15) is 0 Å². The molecule has 0 unspecified atom stereocenters. The minimum absolute atomic E-state index is 0.129. The van der Waals surface area contributed by atoms with Gasteiger partial charge in [-0.25, -0.2) is 0 Å². The smallest absolute Gasteiger partial charge is 0.225 e. The van der Waals surface area contributed by atoms with Gasteiger partial charge in [-0.05, 0) is 124 Å². The Kier molecular flexibility index (Phi) is 8.32. The summed E-state index contributed by atoms with van der Waals surface area (Å²) in [5.41, 5.74) is 2.28. The van der Waals surface area contributed by atoms with Crippen molar-refractivity contribution in [2.45, 2.75) is 123 Å². The third kappa shape index (κ3) is 5.24. The van der Waals surface area contributed by atoms with E-state index in [4.69, 9.17) is 0 Å². The molecular formula is C34H56N2O3. The summed E-state index contributed by atoms with van der Waals surface area (Å²) in [5.74, 6) is 4.36. The number of nitrogens with zero attached hydrogens (tertiary/aromatic N) is 2. The van der Waals surface area contributed by atoms with Crippen LogP contribution < -0.4 is 0 Å². The predicted octanol–water partition coefficient (Wildman–Crippen LogP) is 6.45. The van der Waals surface area contributed by atoms with Crippen molar-refractivity contribution in [1.29, 1.82) is 0 Å². The molecule has 0 heterocycles. The zero-order valence-corrected chi connectivity index (χ0v) is 25.8. The van der Waals surface area contributed by atoms with Crippen molar-refractivity contribution in [2.75, 3.05) is 21.1 Å². The molecule has 0 bridgehead atoms. The highest BCUT2D eigenvalue weighted by molar-refractivity contribution is 5.78. The lowest BCUT2D eigenvalue weighted by Crippen LogP contribution is -2.50. The summed E-state index contributed by atoms with van der Waals surface area (Å²) in [4.78, 5) is 29.3. The molecule has 5 nitrogen and oxygen atoms in total. The molecule has 0 radical (unpaired) electrons. The van der Waals surface area contributed by atoms with Crippen molar-refractivity contribution >= 4 is 11.8 Å². The topological polar surface area (TPSA) is 60.9 Å². The molecule has 0 aromatic rings. The van der Waals surface area contributed by atoms with E-state index >= 15 is 0 Å². The van der Waals surface area contributed by atoms with Crippen LogP contribution in [0.15, 0.2) is 11.6 Å². The Morgan fingerprint density at radius 2 is 1.69 bits per heavy atom. The molecule has 4 fully saturated rings. The van der Waals surface area contributed by atoms with Crippen LogP contribution >= 0.6 is 0 Å². The maximum Gasteiger partial charge on any atom is 0.225 e. The Morgan fingerprint density at radius 1 is 0.974 bits per heavy atom. The Morgan fingerprint density at radius 3 is 2.38 bits per heavy atom. The van der Waals surface area contributed by atoms with Crippen LogP contribution in [0.1, 0.15) is 111 Å². The van der Waals surface area contributed by atoms with Crippen LogP contribution in [0.4, 0.5) is 0 Å². The third-order valence-corrected chi connectivity index (χ3v) is 13.1. The summed E-state index contributed by atoms with van der Waals surface area (Å²) in [6.07, 6.45) is 17.4. The summed E-state index contributed by atoms with van der Waals surface area (Å²) in [5, 5.41) is 10.3. The second-order valence-electron chi connectivity index (χ2n) is 15.1. The average molecular weight is 541 g/mol. The number of fused-ring (bicyclic) bond motifs is 5. The van der Waals surface area contributed by atoms with Crippen LogP contribution in [0.3, 0.4) is 0 Å². The van der Waals surface area contributed by atoms with E-state index in [1.165, 1.54) is 32.1 Å². The van der Waals surface area contributed by atoms with Crippen LogP contribution in [-0.2, 0) is 9.59 Å².